The molecule has 3 heteroatoms. The Morgan fingerprint density at radius 3 is 2.33 bits per heavy atom. The first-order valence-electron chi connectivity index (χ1n) is 6.49. The summed E-state index contributed by atoms with van der Waals surface area (Å²) in [5.74, 6) is 1.41. The van der Waals surface area contributed by atoms with Crippen molar-refractivity contribution in [2.24, 2.45) is 5.73 Å². The summed E-state index contributed by atoms with van der Waals surface area (Å²) in [4.78, 5) is 2.20. The van der Waals surface area contributed by atoms with Gasteiger partial charge < -0.3 is 15.4 Å². The quantitative estimate of drug-likeness (QED) is 0.842. The van der Waals surface area contributed by atoms with Gasteiger partial charge in [0.25, 0.3) is 0 Å². The molecule has 0 aliphatic heterocycles. The number of aryl methyl sites for hydroxylation is 2. The monoisotopic (exact) mass is 250 g/mol. The van der Waals surface area contributed by atoms with Crippen LogP contribution in [0, 0.1) is 13.8 Å². The first kappa shape index (κ1) is 15.0. The van der Waals surface area contributed by atoms with Crippen LogP contribution in [0.3, 0.4) is 0 Å². The molecular weight excluding hydrogens is 224 g/mol. The fourth-order valence-corrected chi connectivity index (χ4v) is 2.29. The van der Waals surface area contributed by atoms with E-state index in [4.69, 9.17) is 10.5 Å². The van der Waals surface area contributed by atoms with Gasteiger partial charge in [-0.2, -0.15) is 0 Å². The molecule has 0 radical (unpaired) electrons. The zero-order valence-electron chi connectivity index (χ0n) is 12.3. The predicted octanol–water partition coefficient (Wildman–Crippen LogP) is 2.31. The lowest BCUT2D eigenvalue weighted by molar-refractivity contribution is 0.352. The molecule has 1 aromatic carbocycles. The number of nitrogens with two attached hydrogens (primary N) is 1. The number of benzene rings is 1. The van der Waals surface area contributed by atoms with Crippen LogP contribution >= 0.6 is 0 Å². The number of hydrogen-bond donors (Lipinski definition) is 1. The molecule has 102 valence electrons. The summed E-state index contributed by atoms with van der Waals surface area (Å²) >= 11 is 0. The van der Waals surface area contributed by atoms with Crippen LogP contribution < -0.4 is 10.5 Å². The lowest BCUT2D eigenvalue weighted by Crippen LogP contribution is -2.23. The smallest absolute Gasteiger partial charge is 0.122 e. The molecule has 2 N–H and O–H groups in total. The van der Waals surface area contributed by atoms with Crippen LogP contribution in [0.15, 0.2) is 12.1 Å². The number of nitrogens with zero attached hydrogens (tertiary/aromatic N) is 1. The molecule has 0 saturated heterocycles. The largest absolute Gasteiger partial charge is 0.496 e. The Kier molecular flexibility index (Phi) is 5.63. The van der Waals surface area contributed by atoms with Gasteiger partial charge in [0.2, 0.25) is 0 Å². The van der Waals surface area contributed by atoms with E-state index in [-0.39, 0.29) is 0 Å². The predicted molar refractivity (Wildman–Crippen MR) is 77.4 cm³/mol. The molecule has 0 bridgehead atoms. The second-order valence-electron chi connectivity index (χ2n) is 5.21. The third kappa shape index (κ3) is 3.72. The van der Waals surface area contributed by atoms with Gasteiger partial charge in [-0.25, -0.2) is 0 Å². The van der Waals surface area contributed by atoms with Crippen LogP contribution in [0.4, 0.5) is 0 Å². The van der Waals surface area contributed by atoms with E-state index in [0.29, 0.717) is 12.5 Å². The first-order valence-corrected chi connectivity index (χ1v) is 6.49. The number of methoxy groups -OCH3 is 1. The molecule has 1 rings (SSSR count). The van der Waals surface area contributed by atoms with Gasteiger partial charge in [0.15, 0.2) is 0 Å². The van der Waals surface area contributed by atoms with E-state index >= 15 is 0 Å². The number of hydrogen-bond acceptors (Lipinski definition) is 3. The topological polar surface area (TPSA) is 38.5 Å². The molecule has 0 spiro atoms. The molecule has 0 aliphatic rings. The molecule has 1 aromatic rings. The Morgan fingerprint density at radius 1 is 1.22 bits per heavy atom. The molecule has 0 saturated carbocycles. The fourth-order valence-electron chi connectivity index (χ4n) is 2.29. The first-order chi connectivity index (χ1) is 8.49. The van der Waals surface area contributed by atoms with Gasteiger partial charge in [0.05, 0.1) is 7.11 Å². The molecule has 1 unspecified atom stereocenters. The van der Waals surface area contributed by atoms with E-state index < -0.39 is 0 Å². The molecule has 0 fully saturated rings. The minimum atomic E-state index is 0.430. The summed E-state index contributed by atoms with van der Waals surface area (Å²) in [6.07, 6.45) is 0.983. The maximum atomic E-state index is 5.74. The summed E-state index contributed by atoms with van der Waals surface area (Å²) in [5, 5.41) is 0. The number of likely N-dealkylation sites (N-methyl/N-ethyl adjacent to an activating group) is 1. The van der Waals surface area contributed by atoms with Crippen molar-refractivity contribution in [1.29, 1.82) is 0 Å². The van der Waals surface area contributed by atoms with Crippen LogP contribution in [-0.4, -0.2) is 39.2 Å². The van der Waals surface area contributed by atoms with Gasteiger partial charge in [-0.3, -0.25) is 0 Å². The van der Waals surface area contributed by atoms with Gasteiger partial charge in [0.1, 0.15) is 5.75 Å². The Labute approximate surface area is 111 Å². The van der Waals surface area contributed by atoms with Gasteiger partial charge in [0, 0.05) is 12.5 Å². The average Bonchev–Trinajstić information content (AvgIpc) is 2.31. The highest BCUT2D eigenvalue weighted by atomic mass is 16.5. The highest BCUT2D eigenvalue weighted by Crippen LogP contribution is 2.31. The van der Waals surface area contributed by atoms with Gasteiger partial charge in [-0.05, 0) is 63.7 Å². The number of ether oxygens (including phenoxy) is 1. The van der Waals surface area contributed by atoms with Crippen LogP contribution in [-0.2, 0) is 0 Å². The molecule has 1 atom stereocenters. The Bertz CT molecular complexity index is 388. The molecule has 0 aromatic heterocycles. The van der Waals surface area contributed by atoms with E-state index in [0.717, 1.165) is 18.7 Å². The third-order valence-electron chi connectivity index (χ3n) is 3.39. The fraction of sp³-hybridized carbons (Fsp3) is 0.600. The Morgan fingerprint density at radius 2 is 1.83 bits per heavy atom. The lowest BCUT2D eigenvalue weighted by atomic mass is 9.91. The highest BCUT2D eigenvalue weighted by Gasteiger charge is 2.17. The third-order valence-corrected chi connectivity index (χ3v) is 3.39. The molecular formula is C15H26N2O. The van der Waals surface area contributed by atoms with Crippen molar-refractivity contribution in [2.75, 3.05) is 34.3 Å². The van der Waals surface area contributed by atoms with E-state index in [1.54, 1.807) is 7.11 Å². The van der Waals surface area contributed by atoms with Crippen molar-refractivity contribution in [1.82, 2.24) is 4.90 Å². The minimum Gasteiger partial charge on any atom is -0.496 e. The van der Waals surface area contributed by atoms with Crippen LogP contribution in [0.5, 0.6) is 5.75 Å². The minimum absolute atomic E-state index is 0.430. The van der Waals surface area contributed by atoms with Crippen molar-refractivity contribution < 1.29 is 4.74 Å². The standard InChI is InChI=1S/C15H26N2O/c1-11-8-14(15(18-5)9-12(11)2)13(6-7-16)10-17(3)4/h8-9,13H,6-7,10,16H2,1-5H3. The van der Waals surface area contributed by atoms with E-state index in [1.165, 1.54) is 16.7 Å². The summed E-state index contributed by atoms with van der Waals surface area (Å²) in [6, 6.07) is 4.38. The Balaban J connectivity index is 3.12. The zero-order chi connectivity index (χ0) is 13.7. The van der Waals surface area contributed by atoms with E-state index in [2.05, 4.69) is 45.0 Å². The van der Waals surface area contributed by atoms with E-state index in [1.807, 2.05) is 0 Å². The normalized spacial score (nSPS) is 12.8. The summed E-state index contributed by atoms with van der Waals surface area (Å²) in [5.41, 5.74) is 9.60. The molecule has 0 heterocycles. The van der Waals surface area contributed by atoms with Crippen LogP contribution in [0.2, 0.25) is 0 Å². The van der Waals surface area contributed by atoms with Gasteiger partial charge in [-0.1, -0.05) is 6.07 Å². The summed E-state index contributed by atoms with van der Waals surface area (Å²) in [6.45, 7) is 5.96. The highest BCUT2D eigenvalue weighted by molar-refractivity contribution is 5.44. The van der Waals surface area contributed by atoms with Gasteiger partial charge in [-0.15, -0.1) is 0 Å². The lowest BCUT2D eigenvalue weighted by Gasteiger charge is -2.24. The second-order valence-corrected chi connectivity index (χ2v) is 5.21. The molecule has 18 heavy (non-hydrogen) atoms. The molecule has 0 aliphatic carbocycles. The summed E-state index contributed by atoms with van der Waals surface area (Å²) < 4.78 is 5.53. The van der Waals surface area contributed by atoms with Crippen molar-refractivity contribution in [3.8, 4) is 5.75 Å². The molecule has 3 nitrogen and oxygen atoms in total. The van der Waals surface area contributed by atoms with Gasteiger partial charge >= 0.3 is 0 Å². The second kappa shape index (κ2) is 6.76. The van der Waals surface area contributed by atoms with E-state index in [9.17, 15) is 0 Å². The van der Waals surface area contributed by atoms with Crippen molar-refractivity contribution in [2.45, 2.75) is 26.2 Å². The maximum Gasteiger partial charge on any atom is 0.122 e. The van der Waals surface area contributed by atoms with Crippen molar-refractivity contribution in [3.05, 3.63) is 28.8 Å². The zero-order valence-corrected chi connectivity index (χ0v) is 12.3. The van der Waals surface area contributed by atoms with Crippen LogP contribution in [0.25, 0.3) is 0 Å². The van der Waals surface area contributed by atoms with Crippen LogP contribution in [0.1, 0.15) is 29.0 Å². The average molecular weight is 250 g/mol. The molecule has 0 amide bonds. The summed E-state index contributed by atoms with van der Waals surface area (Å²) in [7, 11) is 5.93. The maximum absolute atomic E-state index is 5.74. The SMILES string of the molecule is COc1cc(C)c(C)cc1C(CCN)CN(C)C. The van der Waals surface area contributed by atoms with Crippen molar-refractivity contribution in [3.63, 3.8) is 0 Å². The Hall–Kier alpha value is -1.06. The number of rotatable bonds is 6. The van der Waals surface area contributed by atoms with Crippen molar-refractivity contribution >= 4 is 0 Å².